The van der Waals surface area contributed by atoms with E-state index < -0.39 is 14.9 Å². The average Bonchev–Trinajstić information content (AvgIpc) is 3.54. The second kappa shape index (κ2) is 8.40. The van der Waals surface area contributed by atoms with Crippen LogP contribution in [0.4, 0.5) is 11.4 Å². The van der Waals surface area contributed by atoms with Crippen LogP contribution in [0, 0.1) is 24.0 Å². The van der Waals surface area contributed by atoms with Crippen LogP contribution in [0.25, 0.3) is 0 Å². The van der Waals surface area contributed by atoms with Gasteiger partial charge in [-0.2, -0.15) is 9.41 Å². The number of hydrazone groups is 1. The highest BCUT2D eigenvalue weighted by molar-refractivity contribution is 7.89. The molecular weight excluding hydrogens is 422 g/mol. The molecule has 0 atom stereocenters. The van der Waals surface area contributed by atoms with E-state index in [2.05, 4.69) is 22.0 Å². The molecule has 0 unspecified atom stereocenters. The Bertz CT molecular complexity index is 1130. The fraction of sp³-hybridized carbons (Fsp3) is 0.450. The normalized spacial score (nSPS) is 17.9. The summed E-state index contributed by atoms with van der Waals surface area (Å²) < 4.78 is 35.1. The zero-order chi connectivity index (χ0) is 22.2. The molecule has 11 heteroatoms. The maximum atomic E-state index is 13.2. The highest BCUT2D eigenvalue weighted by Gasteiger charge is 2.30. The predicted octanol–water partition coefficient (Wildman–Crippen LogP) is 2.81. The first-order valence-corrected chi connectivity index (χ1v) is 11.6. The minimum absolute atomic E-state index is 0.177. The van der Waals surface area contributed by atoms with Gasteiger partial charge in [0.15, 0.2) is 0 Å². The summed E-state index contributed by atoms with van der Waals surface area (Å²) in [5, 5.41) is 15.5. The molecule has 2 fully saturated rings. The van der Waals surface area contributed by atoms with Crippen LogP contribution in [0.15, 0.2) is 34.3 Å². The largest absolute Gasteiger partial charge is 0.379 e. The van der Waals surface area contributed by atoms with Gasteiger partial charge in [-0.25, -0.2) is 8.42 Å². The lowest BCUT2D eigenvalue weighted by Crippen LogP contribution is -2.40. The third-order valence-electron chi connectivity index (χ3n) is 5.59. The molecule has 0 radical (unpaired) electrons. The van der Waals surface area contributed by atoms with E-state index in [1.807, 2.05) is 13.0 Å². The molecule has 1 aliphatic heterocycles. The van der Waals surface area contributed by atoms with Crippen LogP contribution in [0.3, 0.4) is 0 Å². The lowest BCUT2D eigenvalue weighted by molar-refractivity contribution is -0.385. The Balaban J connectivity index is 1.63. The molecule has 0 bridgehead atoms. The first-order valence-electron chi connectivity index (χ1n) is 10.1. The maximum absolute atomic E-state index is 13.2. The molecule has 2 aromatic rings. The monoisotopic (exact) mass is 447 g/mol. The van der Waals surface area contributed by atoms with E-state index in [1.54, 1.807) is 6.21 Å². The summed E-state index contributed by atoms with van der Waals surface area (Å²) in [6.07, 6.45) is 4.00. The number of rotatable bonds is 7. The van der Waals surface area contributed by atoms with Gasteiger partial charge in [0.05, 0.1) is 30.0 Å². The van der Waals surface area contributed by atoms with Gasteiger partial charge in [-0.1, -0.05) is 0 Å². The summed E-state index contributed by atoms with van der Waals surface area (Å²) in [4.78, 5) is 10.4. The lowest BCUT2D eigenvalue weighted by Gasteiger charge is -2.26. The van der Waals surface area contributed by atoms with Gasteiger partial charge in [-0.3, -0.25) is 15.5 Å². The van der Waals surface area contributed by atoms with Crippen molar-refractivity contribution in [1.29, 1.82) is 0 Å². The third-order valence-corrected chi connectivity index (χ3v) is 7.53. The molecule has 4 rings (SSSR count). The fourth-order valence-corrected chi connectivity index (χ4v) is 5.42. The number of nitro benzene ring substituents is 1. The summed E-state index contributed by atoms with van der Waals surface area (Å²) in [6, 6.07) is 6.29. The van der Waals surface area contributed by atoms with Crippen LogP contribution in [0.1, 0.15) is 35.8 Å². The predicted molar refractivity (Wildman–Crippen MR) is 116 cm³/mol. The van der Waals surface area contributed by atoms with E-state index in [0.29, 0.717) is 6.04 Å². The second-order valence-corrected chi connectivity index (χ2v) is 9.66. The van der Waals surface area contributed by atoms with Crippen molar-refractivity contribution in [2.24, 2.45) is 5.10 Å². The van der Waals surface area contributed by atoms with Crippen LogP contribution in [-0.4, -0.2) is 54.7 Å². The van der Waals surface area contributed by atoms with Crippen molar-refractivity contribution >= 4 is 27.6 Å². The van der Waals surface area contributed by atoms with Gasteiger partial charge in [-0.05, 0) is 38.8 Å². The fourth-order valence-electron chi connectivity index (χ4n) is 3.86. The van der Waals surface area contributed by atoms with Gasteiger partial charge in [0.25, 0.3) is 5.69 Å². The van der Waals surface area contributed by atoms with E-state index in [-0.39, 0.29) is 42.6 Å². The van der Waals surface area contributed by atoms with Crippen molar-refractivity contribution < 1.29 is 18.1 Å². The number of hydrogen-bond acceptors (Lipinski definition) is 7. The molecule has 1 saturated carbocycles. The number of morpholine rings is 1. The van der Waals surface area contributed by atoms with Gasteiger partial charge < -0.3 is 9.30 Å². The first-order chi connectivity index (χ1) is 14.8. The van der Waals surface area contributed by atoms with Crippen molar-refractivity contribution in [3.63, 3.8) is 0 Å². The number of aryl methyl sites for hydroxylation is 1. The summed E-state index contributed by atoms with van der Waals surface area (Å²) in [6.45, 7) is 5.05. The number of aromatic nitrogens is 1. The smallest absolute Gasteiger partial charge is 0.270 e. The Morgan fingerprint density at radius 2 is 1.94 bits per heavy atom. The quantitative estimate of drug-likeness (QED) is 0.396. The summed E-state index contributed by atoms with van der Waals surface area (Å²) in [5.74, 6) is 0. The van der Waals surface area contributed by atoms with Crippen LogP contribution in [0.5, 0.6) is 0 Å². The van der Waals surface area contributed by atoms with E-state index in [9.17, 15) is 18.5 Å². The SMILES string of the molecule is Cc1cc(/C=N/Nc2ccc([N+](=O)[O-])cc2S(=O)(=O)N2CCOCC2)c(C)n1C1CC1. The van der Waals surface area contributed by atoms with Crippen LogP contribution in [-0.2, 0) is 14.8 Å². The highest BCUT2D eigenvalue weighted by atomic mass is 32.2. The van der Waals surface area contributed by atoms with Crippen molar-refractivity contribution in [3.05, 3.63) is 51.3 Å². The molecule has 1 aromatic heterocycles. The number of hydrogen-bond donors (Lipinski definition) is 1. The highest BCUT2D eigenvalue weighted by Crippen LogP contribution is 2.38. The van der Waals surface area contributed by atoms with Crippen molar-refractivity contribution in [2.45, 2.75) is 37.6 Å². The van der Waals surface area contributed by atoms with Gasteiger partial charge in [0.2, 0.25) is 10.0 Å². The molecule has 31 heavy (non-hydrogen) atoms. The summed E-state index contributed by atoms with van der Waals surface area (Å²) >= 11 is 0. The van der Waals surface area contributed by atoms with Crippen molar-refractivity contribution in [3.8, 4) is 0 Å². The van der Waals surface area contributed by atoms with Crippen molar-refractivity contribution in [2.75, 3.05) is 31.7 Å². The van der Waals surface area contributed by atoms with E-state index in [4.69, 9.17) is 4.74 Å². The number of anilines is 1. The molecule has 0 amide bonds. The topological polar surface area (TPSA) is 119 Å². The molecule has 2 heterocycles. The van der Waals surface area contributed by atoms with Crippen LogP contribution in [0.2, 0.25) is 0 Å². The lowest BCUT2D eigenvalue weighted by atomic mass is 10.2. The molecule has 2 aliphatic rings. The second-order valence-electron chi connectivity index (χ2n) is 7.75. The molecule has 1 saturated heterocycles. The number of benzene rings is 1. The standard InChI is InChI=1S/C20H25N5O5S/c1-14-11-16(15(2)24(14)17-3-4-17)13-21-22-19-6-5-18(25(26)27)12-20(19)31(28,29)23-7-9-30-10-8-23/h5-6,11-13,17,22H,3-4,7-10H2,1-2H3/b21-13+. The van der Waals surface area contributed by atoms with Crippen LogP contribution >= 0.6 is 0 Å². The van der Waals surface area contributed by atoms with E-state index in [0.717, 1.165) is 23.0 Å². The van der Waals surface area contributed by atoms with Crippen molar-refractivity contribution in [1.82, 2.24) is 8.87 Å². The number of nitro groups is 1. The minimum atomic E-state index is -3.95. The Kier molecular flexibility index (Phi) is 5.82. The molecule has 10 nitrogen and oxygen atoms in total. The Hall–Kier alpha value is -2.76. The maximum Gasteiger partial charge on any atom is 0.270 e. The molecule has 1 aliphatic carbocycles. The van der Waals surface area contributed by atoms with Gasteiger partial charge >= 0.3 is 0 Å². The summed E-state index contributed by atoms with van der Waals surface area (Å²) in [7, 11) is -3.95. The van der Waals surface area contributed by atoms with Gasteiger partial charge in [0.1, 0.15) is 4.90 Å². The number of nitrogens with zero attached hydrogens (tertiary/aromatic N) is 4. The van der Waals surface area contributed by atoms with E-state index in [1.165, 1.54) is 29.3 Å². The summed E-state index contributed by atoms with van der Waals surface area (Å²) in [5.41, 5.74) is 5.87. The number of sulfonamides is 1. The van der Waals surface area contributed by atoms with Gasteiger partial charge in [0, 0.05) is 48.2 Å². The van der Waals surface area contributed by atoms with Crippen LogP contribution < -0.4 is 5.43 Å². The Morgan fingerprint density at radius 1 is 1.23 bits per heavy atom. The zero-order valence-electron chi connectivity index (χ0n) is 17.4. The molecule has 1 aromatic carbocycles. The molecular formula is C20H25N5O5S. The Labute approximate surface area is 180 Å². The number of nitrogens with one attached hydrogen (secondary N) is 1. The third kappa shape index (κ3) is 4.34. The Morgan fingerprint density at radius 3 is 2.58 bits per heavy atom. The number of non-ortho nitro benzene ring substituents is 1. The molecule has 166 valence electrons. The zero-order valence-corrected chi connectivity index (χ0v) is 18.3. The minimum Gasteiger partial charge on any atom is -0.379 e. The average molecular weight is 448 g/mol. The van der Waals surface area contributed by atoms with E-state index >= 15 is 0 Å². The molecule has 1 N–H and O–H groups in total. The molecule has 0 spiro atoms. The first kappa shape index (κ1) is 21.5. The van der Waals surface area contributed by atoms with Gasteiger partial charge in [-0.15, -0.1) is 0 Å². The number of ether oxygens (including phenoxy) is 1.